The number of aromatic amines is 1. The van der Waals surface area contributed by atoms with E-state index in [4.69, 9.17) is 16.3 Å². The Kier molecular flexibility index (Phi) is 9.05. The molecule has 10 heteroatoms. The van der Waals surface area contributed by atoms with Crippen LogP contribution in [0.25, 0.3) is 10.9 Å². The molecule has 0 radical (unpaired) electrons. The minimum absolute atomic E-state index is 0.0577. The fourth-order valence-electron chi connectivity index (χ4n) is 4.41. The molecule has 2 amide bonds. The fraction of sp³-hybridized carbons (Fsp3) is 0.233. The van der Waals surface area contributed by atoms with Crippen LogP contribution >= 0.6 is 34.2 Å². The van der Waals surface area contributed by atoms with Crippen molar-refractivity contribution in [3.8, 4) is 5.75 Å². The third kappa shape index (κ3) is 7.14. The van der Waals surface area contributed by atoms with Crippen LogP contribution in [0.3, 0.4) is 0 Å². The maximum atomic E-state index is 13.7. The number of fused-ring (bicyclic) bond motifs is 1. The molecule has 0 spiro atoms. The van der Waals surface area contributed by atoms with E-state index < -0.39 is 23.5 Å². The Bertz CT molecular complexity index is 1550. The number of hydrogen-bond donors (Lipinski definition) is 3. The van der Waals surface area contributed by atoms with Gasteiger partial charge >= 0.3 is 5.97 Å². The molecule has 0 saturated heterocycles. The van der Waals surface area contributed by atoms with E-state index >= 15 is 0 Å². The van der Waals surface area contributed by atoms with E-state index in [0.29, 0.717) is 34.7 Å². The molecular formula is C30H29ClIN3O5. The van der Waals surface area contributed by atoms with Gasteiger partial charge in [0, 0.05) is 37.1 Å². The third-order valence-corrected chi connectivity index (χ3v) is 6.99. The number of H-pyrrole nitrogens is 1. The van der Waals surface area contributed by atoms with Gasteiger partial charge in [0.15, 0.2) is 0 Å². The summed E-state index contributed by atoms with van der Waals surface area (Å²) < 4.78 is 7.02. The molecule has 4 rings (SSSR count). The highest BCUT2D eigenvalue weighted by molar-refractivity contribution is 14.1. The Morgan fingerprint density at radius 2 is 1.82 bits per heavy atom. The summed E-state index contributed by atoms with van der Waals surface area (Å²) in [6, 6.07) is 18.9. The molecule has 40 heavy (non-hydrogen) atoms. The zero-order valence-electron chi connectivity index (χ0n) is 22.2. The Hall–Kier alpha value is -3.57. The molecule has 0 saturated carbocycles. The predicted octanol–water partition coefficient (Wildman–Crippen LogP) is 6.32. The van der Waals surface area contributed by atoms with E-state index in [2.05, 4.69) is 32.9 Å². The molecular weight excluding hydrogens is 645 g/mol. The van der Waals surface area contributed by atoms with Crippen LogP contribution in [0.15, 0.2) is 66.7 Å². The van der Waals surface area contributed by atoms with E-state index in [9.17, 15) is 19.5 Å². The maximum absolute atomic E-state index is 13.7. The molecule has 4 aromatic rings. The zero-order chi connectivity index (χ0) is 29.0. The Morgan fingerprint density at radius 1 is 1.10 bits per heavy atom. The first-order valence-electron chi connectivity index (χ1n) is 12.5. The number of carbonyl (C=O) groups excluding carboxylic acids is 2. The number of aromatic carboxylic acids is 1. The number of hydrogen-bond acceptors (Lipinski definition) is 4. The van der Waals surface area contributed by atoms with Gasteiger partial charge in [0.1, 0.15) is 24.1 Å². The first-order valence-corrected chi connectivity index (χ1v) is 13.9. The number of ether oxygens (including phenoxy) is 1. The molecule has 208 valence electrons. The van der Waals surface area contributed by atoms with Crippen molar-refractivity contribution in [3.63, 3.8) is 0 Å². The molecule has 8 nitrogen and oxygen atoms in total. The molecule has 0 fully saturated rings. The van der Waals surface area contributed by atoms with Gasteiger partial charge in [0.05, 0.1) is 0 Å². The highest BCUT2D eigenvalue weighted by Crippen LogP contribution is 2.34. The topological polar surface area (TPSA) is 112 Å². The predicted molar refractivity (Wildman–Crippen MR) is 162 cm³/mol. The van der Waals surface area contributed by atoms with Crippen molar-refractivity contribution in [2.24, 2.45) is 0 Å². The molecule has 1 aromatic heterocycles. The molecule has 1 unspecified atom stereocenters. The number of carbonyl (C=O) groups is 3. The van der Waals surface area contributed by atoms with E-state index in [1.165, 1.54) is 4.90 Å². The summed E-state index contributed by atoms with van der Waals surface area (Å²) in [6.07, 6.45) is 0.564. The lowest BCUT2D eigenvalue weighted by molar-refractivity contribution is -0.134. The van der Waals surface area contributed by atoms with E-state index in [-0.39, 0.29) is 17.8 Å². The van der Waals surface area contributed by atoms with Crippen molar-refractivity contribution in [2.75, 3.05) is 0 Å². The number of nitrogens with one attached hydrogen (secondary N) is 2. The zero-order valence-corrected chi connectivity index (χ0v) is 25.1. The maximum Gasteiger partial charge on any atom is 0.352 e. The van der Waals surface area contributed by atoms with Crippen LogP contribution in [0.4, 0.5) is 0 Å². The number of nitrogens with zero attached hydrogens (tertiary/aromatic N) is 1. The smallest absolute Gasteiger partial charge is 0.352 e. The van der Waals surface area contributed by atoms with Crippen LogP contribution in [-0.2, 0) is 22.7 Å². The van der Waals surface area contributed by atoms with Gasteiger partial charge in [0.2, 0.25) is 12.3 Å². The molecule has 3 N–H and O–H groups in total. The normalized spacial score (nSPS) is 12.1. The number of carboxylic acids is 1. The quantitative estimate of drug-likeness (QED) is 0.135. The second-order valence-electron chi connectivity index (χ2n) is 10.4. The molecule has 0 aliphatic rings. The molecule has 1 atom stereocenters. The molecule has 1 heterocycles. The molecule has 0 aliphatic carbocycles. The lowest BCUT2D eigenvalue weighted by Gasteiger charge is -2.31. The lowest BCUT2D eigenvalue weighted by Crippen LogP contribution is -2.47. The average molecular weight is 674 g/mol. The van der Waals surface area contributed by atoms with Crippen LogP contribution in [0.1, 0.15) is 54.0 Å². The van der Waals surface area contributed by atoms with Crippen molar-refractivity contribution in [3.05, 3.63) is 97.7 Å². The van der Waals surface area contributed by atoms with Crippen molar-refractivity contribution in [1.29, 1.82) is 0 Å². The molecule has 0 aliphatic heterocycles. The summed E-state index contributed by atoms with van der Waals surface area (Å²) in [5, 5.41) is 13.8. The van der Waals surface area contributed by atoms with Gasteiger partial charge in [-0.3, -0.25) is 9.59 Å². The van der Waals surface area contributed by atoms with Crippen molar-refractivity contribution in [1.82, 2.24) is 15.2 Å². The van der Waals surface area contributed by atoms with Crippen molar-refractivity contribution in [2.45, 2.75) is 45.5 Å². The molecule has 0 bridgehead atoms. The largest absolute Gasteiger partial charge is 0.489 e. The highest BCUT2D eigenvalue weighted by Gasteiger charge is 2.35. The fourth-order valence-corrected chi connectivity index (χ4v) is 5.19. The van der Waals surface area contributed by atoms with Gasteiger partial charge in [-0.15, -0.1) is 0 Å². The number of halogens is 2. The van der Waals surface area contributed by atoms with Crippen molar-refractivity contribution < 1.29 is 24.2 Å². The number of aromatic nitrogens is 1. The summed E-state index contributed by atoms with van der Waals surface area (Å²) in [5.74, 6) is -1.10. The SMILES string of the molecule is CC(C)(C)NC(=O)C(c1c(C(=O)O)[nH]c2cc(Cl)ccc12)N(C=O)Cc1ccc(OCc2cccc(I)c2)cc1. The van der Waals surface area contributed by atoms with E-state index in [1.54, 1.807) is 30.3 Å². The van der Waals surface area contributed by atoms with Crippen LogP contribution in [-0.4, -0.2) is 38.8 Å². The summed E-state index contributed by atoms with van der Waals surface area (Å²) >= 11 is 8.39. The van der Waals surface area contributed by atoms with Gasteiger partial charge < -0.3 is 25.0 Å². The summed E-state index contributed by atoms with van der Waals surface area (Å²) in [7, 11) is 0. The summed E-state index contributed by atoms with van der Waals surface area (Å²) in [4.78, 5) is 42.6. The Labute approximate surface area is 250 Å². The standard InChI is InChI=1S/C30H29ClIN3O5/c1-30(2,3)34-28(37)27(25-23-12-9-20(31)14-24(23)33-26(25)29(38)39)35(17-36)15-18-7-10-22(11-8-18)40-16-19-5-4-6-21(32)13-19/h4-14,17,27,33H,15-16H2,1-3H3,(H,34,37)(H,38,39). The number of amides is 2. The van der Waals surface area contributed by atoms with Crippen molar-refractivity contribution >= 4 is 63.4 Å². The van der Waals surface area contributed by atoms with Crippen LogP contribution in [0.5, 0.6) is 5.75 Å². The Balaban J connectivity index is 1.66. The van der Waals surface area contributed by atoms with Crippen LogP contribution in [0, 0.1) is 3.57 Å². The lowest BCUT2D eigenvalue weighted by atomic mass is 9.98. The molecule has 3 aromatic carbocycles. The van der Waals surface area contributed by atoms with Gasteiger partial charge in [0.25, 0.3) is 0 Å². The summed E-state index contributed by atoms with van der Waals surface area (Å²) in [5.41, 5.74) is 1.61. The van der Waals surface area contributed by atoms with Gasteiger partial charge in [-0.2, -0.15) is 0 Å². The minimum atomic E-state index is -1.25. The van der Waals surface area contributed by atoms with Gasteiger partial charge in [-0.1, -0.05) is 41.9 Å². The number of rotatable bonds is 10. The second kappa shape index (κ2) is 12.3. The summed E-state index contributed by atoms with van der Waals surface area (Å²) in [6.45, 7) is 5.91. The Morgan fingerprint density at radius 3 is 2.45 bits per heavy atom. The third-order valence-electron chi connectivity index (χ3n) is 6.08. The van der Waals surface area contributed by atoms with Gasteiger partial charge in [-0.25, -0.2) is 4.79 Å². The average Bonchev–Trinajstić information content (AvgIpc) is 3.25. The first-order chi connectivity index (χ1) is 18.9. The highest BCUT2D eigenvalue weighted by atomic mass is 127. The van der Waals surface area contributed by atoms with E-state index in [1.807, 2.05) is 57.2 Å². The van der Waals surface area contributed by atoms with E-state index in [0.717, 1.165) is 14.7 Å². The van der Waals surface area contributed by atoms with Gasteiger partial charge in [-0.05, 0) is 90.9 Å². The monoisotopic (exact) mass is 673 g/mol. The van der Waals surface area contributed by atoms with Crippen LogP contribution in [0.2, 0.25) is 5.02 Å². The second-order valence-corrected chi connectivity index (χ2v) is 12.1. The minimum Gasteiger partial charge on any atom is -0.489 e. The number of carboxylic acid groups (broad SMARTS) is 1. The number of benzene rings is 3. The first kappa shape index (κ1) is 29.4. The van der Waals surface area contributed by atoms with Crippen LogP contribution < -0.4 is 10.1 Å².